The van der Waals surface area contributed by atoms with Crippen molar-refractivity contribution < 1.29 is 28.2 Å². The number of aromatic nitrogens is 4. The summed E-state index contributed by atoms with van der Waals surface area (Å²) in [6, 6.07) is 16.9. The Balaban J connectivity index is 1.13. The van der Waals surface area contributed by atoms with Gasteiger partial charge in [-0.05, 0) is 62.9 Å². The number of pyridine rings is 2. The second kappa shape index (κ2) is 17.3. The standard InChI is InChI=1S/C41H43Cl2F2N7O4/c1-51(26-13-10-24(11-14-26)41(54)56-3)21-25-12-15-31(49-40(25)55-2)30-8-4-6-28(34(30)42)29-7-5-9-32(35(29)43)47-38-36-33(48-39(50-38)37(44)45)18-23(19-46-36)20-52-17-16-27(53)22-52/h4-9,12,15,18-19,24,26-27,37,53H,10-11,13-14,16-17,20-22H2,1-3H3,(H,47,48,50)/t24?,26?,27-/m1/s1. The van der Waals surface area contributed by atoms with E-state index in [2.05, 4.69) is 37.1 Å². The molecule has 5 aromatic rings. The molecule has 0 radical (unpaired) electrons. The molecule has 1 aliphatic carbocycles. The van der Waals surface area contributed by atoms with Crippen molar-refractivity contribution in [2.75, 3.05) is 39.7 Å². The number of nitrogens with one attached hydrogen (secondary N) is 1. The monoisotopic (exact) mass is 805 g/mol. The van der Waals surface area contributed by atoms with Crippen molar-refractivity contribution in [1.29, 1.82) is 0 Å². The number of aliphatic hydroxyl groups excluding tert-OH is 1. The van der Waals surface area contributed by atoms with E-state index >= 15 is 0 Å². The molecule has 294 valence electrons. The molecule has 3 aromatic heterocycles. The third-order valence-corrected chi connectivity index (χ3v) is 11.5. The van der Waals surface area contributed by atoms with Crippen molar-refractivity contribution in [2.24, 2.45) is 5.92 Å². The van der Waals surface area contributed by atoms with Gasteiger partial charge in [-0.2, -0.15) is 0 Å². The smallest absolute Gasteiger partial charge is 0.308 e. The molecule has 15 heteroatoms. The summed E-state index contributed by atoms with van der Waals surface area (Å²) in [5.41, 5.74) is 5.22. The number of nitrogens with zero attached hydrogens (tertiary/aromatic N) is 6. The Bertz CT molecular complexity index is 2220. The summed E-state index contributed by atoms with van der Waals surface area (Å²) in [7, 11) is 5.11. The average molecular weight is 807 g/mol. The molecule has 0 unspecified atom stereocenters. The predicted molar refractivity (Wildman–Crippen MR) is 212 cm³/mol. The summed E-state index contributed by atoms with van der Waals surface area (Å²) in [5.74, 6) is -0.237. The third kappa shape index (κ3) is 8.57. The Morgan fingerprint density at radius 2 is 1.71 bits per heavy atom. The van der Waals surface area contributed by atoms with Crippen LogP contribution in [0.3, 0.4) is 0 Å². The van der Waals surface area contributed by atoms with Crippen LogP contribution in [0.1, 0.15) is 55.5 Å². The fourth-order valence-electron chi connectivity index (χ4n) is 7.70. The zero-order valence-electron chi connectivity index (χ0n) is 31.3. The Hall–Kier alpha value is -4.53. The van der Waals surface area contributed by atoms with E-state index in [1.165, 1.54) is 7.11 Å². The van der Waals surface area contributed by atoms with Crippen molar-refractivity contribution in [1.82, 2.24) is 29.7 Å². The molecule has 2 fully saturated rings. The second-order valence-electron chi connectivity index (χ2n) is 14.4. The van der Waals surface area contributed by atoms with Gasteiger partial charge in [0, 0.05) is 60.7 Å². The minimum absolute atomic E-state index is 0.0390. The number of anilines is 2. The highest BCUT2D eigenvalue weighted by Crippen LogP contribution is 2.42. The Labute approximate surface area is 334 Å². The minimum Gasteiger partial charge on any atom is -0.481 e. The lowest BCUT2D eigenvalue weighted by Gasteiger charge is -2.34. The number of alkyl halides is 2. The minimum atomic E-state index is -2.91. The number of aliphatic hydroxyl groups is 1. The molecule has 1 atom stereocenters. The maximum absolute atomic E-state index is 14.0. The molecule has 4 heterocycles. The number of ether oxygens (including phenoxy) is 2. The van der Waals surface area contributed by atoms with E-state index in [-0.39, 0.29) is 29.3 Å². The summed E-state index contributed by atoms with van der Waals surface area (Å²) in [6.45, 7) is 2.40. The van der Waals surface area contributed by atoms with E-state index in [0.29, 0.717) is 81.6 Å². The van der Waals surface area contributed by atoms with Crippen LogP contribution in [0.4, 0.5) is 20.3 Å². The molecule has 56 heavy (non-hydrogen) atoms. The van der Waals surface area contributed by atoms with Crippen molar-refractivity contribution in [3.63, 3.8) is 0 Å². The van der Waals surface area contributed by atoms with Crippen LogP contribution in [-0.2, 0) is 22.6 Å². The van der Waals surface area contributed by atoms with Gasteiger partial charge in [-0.15, -0.1) is 0 Å². The largest absolute Gasteiger partial charge is 0.481 e. The van der Waals surface area contributed by atoms with E-state index in [0.717, 1.165) is 43.4 Å². The zero-order chi connectivity index (χ0) is 39.5. The van der Waals surface area contributed by atoms with Crippen LogP contribution in [0.25, 0.3) is 33.4 Å². The molecule has 2 aromatic carbocycles. The molecular formula is C41H43Cl2F2N7O4. The number of carbonyl (C=O) groups is 1. The Morgan fingerprint density at radius 1 is 0.982 bits per heavy atom. The predicted octanol–water partition coefficient (Wildman–Crippen LogP) is 8.48. The van der Waals surface area contributed by atoms with Gasteiger partial charge in [0.15, 0.2) is 11.6 Å². The number of hydrogen-bond donors (Lipinski definition) is 2. The van der Waals surface area contributed by atoms with Gasteiger partial charge in [0.1, 0.15) is 5.52 Å². The van der Waals surface area contributed by atoms with E-state index in [9.17, 15) is 18.7 Å². The lowest BCUT2D eigenvalue weighted by molar-refractivity contribution is -0.146. The fraction of sp³-hybridized carbons (Fsp3) is 0.390. The molecule has 7 rings (SSSR count). The topological polar surface area (TPSA) is 126 Å². The first-order valence-electron chi connectivity index (χ1n) is 18.5. The van der Waals surface area contributed by atoms with E-state index in [1.807, 2.05) is 36.4 Å². The second-order valence-corrected chi connectivity index (χ2v) is 15.1. The summed E-state index contributed by atoms with van der Waals surface area (Å²) in [6.07, 6.45) is 2.47. The number of benzene rings is 2. The van der Waals surface area contributed by atoms with E-state index in [1.54, 1.807) is 31.5 Å². The number of β-amino-alcohol motifs (C(OH)–C–C–N with tert-alkyl or cyclic N) is 1. The molecular weight excluding hydrogens is 763 g/mol. The number of hydrogen-bond acceptors (Lipinski definition) is 11. The van der Waals surface area contributed by atoms with Crippen LogP contribution >= 0.6 is 23.2 Å². The van der Waals surface area contributed by atoms with E-state index < -0.39 is 12.2 Å². The highest BCUT2D eigenvalue weighted by Gasteiger charge is 2.29. The third-order valence-electron chi connectivity index (χ3n) is 10.7. The SMILES string of the molecule is COC(=O)C1CCC(N(C)Cc2ccc(-c3cccc(-c4cccc(Nc5nc(C(F)F)nc6cc(CN7CC[C@@H](O)C7)cnc56)c4Cl)c3Cl)nc2OC)CC1. The van der Waals surface area contributed by atoms with Gasteiger partial charge < -0.3 is 19.9 Å². The summed E-state index contributed by atoms with van der Waals surface area (Å²) < 4.78 is 38.8. The molecule has 2 N–H and O–H groups in total. The maximum atomic E-state index is 14.0. The number of fused-ring (bicyclic) bond motifs is 1. The number of halogens is 4. The lowest BCUT2D eigenvalue weighted by atomic mass is 9.85. The average Bonchev–Trinajstić information content (AvgIpc) is 3.62. The first-order chi connectivity index (χ1) is 27.0. The normalized spacial score (nSPS) is 18.9. The quantitative estimate of drug-likeness (QED) is 0.118. The summed E-state index contributed by atoms with van der Waals surface area (Å²) in [5, 5.41) is 13.8. The molecule has 0 spiro atoms. The van der Waals surface area contributed by atoms with Crippen molar-refractivity contribution in [3.05, 3.63) is 87.8 Å². The zero-order valence-corrected chi connectivity index (χ0v) is 32.8. The molecule has 0 amide bonds. The maximum Gasteiger partial charge on any atom is 0.308 e. The molecule has 1 saturated heterocycles. The first-order valence-corrected chi connectivity index (χ1v) is 19.3. The van der Waals surface area contributed by atoms with Crippen molar-refractivity contribution in [2.45, 2.75) is 63.8 Å². The number of rotatable bonds is 12. The van der Waals surface area contributed by atoms with Crippen molar-refractivity contribution >= 4 is 51.7 Å². The van der Waals surface area contributed by atoms with Crippen LogP contribution in [0, 0.1) is 5.92 Å². The van der Waals surface area contributed by atoms with Crippen LogP contribution in [0.5, 0.6) is 5.88 Å². The van der Waals surface area contributed by atoms with Crippen molar-refractivity contribution in [3.8, 4) is 28.3 Å². The lowest BCUT2D eigenvalue weighted by Crippen LogP contribution is -2.36. The number of esters is 1. The van der Waals surface area contributed by atoms with Gasteiger partial charge in [0.05, 0.1) is 53.2 Å². The van der Waals surface area contributed by atoms with E-state index in [4.69, 9.17) is 37.7 Å². The molecule has 11 nitrogen and oxygen atoms in total. The van der Waals surface area contributed by atoms with Gasteiger partial charge in [0.2, 0.25) is 5.88 Å². The van der Waals surface area contributed by atoms with Crippen LogP contribution < -0.4 is 10.1 Å². The highest BCUT2D eigenvalue weighted by atomic mass is 35.5. The summed E-state index contributed by atoms with van der Waals surface area (Å²) in [4.78, 5) is 34.0. The highest BCUT2D eigenvalue weighted by molar-refractivity contribution is 6.39. The number of likely N-dealkylation sites (tertiary alicyclic amines) is 1. The Morgan fingerprint density at radius 3 is 2.41 bits per heavy atom. The van der Waals surface area contributed by atoms with Crippen LogP contribution in [0.15, 0.2) is 60.8 Å². The Kier molecular flexibility index (Phi) is 12.3. The number of methoxy groups -OCH3 is 2. The van der Waals surface area contributed by atoms with Gasteiger partial charge in [-0.1, -0.05) is 59.6 Å². The van der Waals surface area contributed by atoms with Gasteiger partial charge in [-0.3, -0.25) is 19.6 Å². The molecule has 0 bridgehead atoms. The number of carbonyl (C=O) groups excluding carboxylic acids is 1. The van der Waals surface area contributed by atoms with Gasteiger partial charge in [0.25, 0.3) is 6.43 Å². The summed E-state index contributed by atoms with van der Waals surface area (Å²) >= 11 is 14.2. The van der Waals surface area contributed by atoms with Gasteiger partial charge >= 0.3 is 5.97 Å². The van der Waals surface area contributed by atoms with Crippen LogP contribution in [-0.4, -0.2) is 87.3 Å². The fourth-order valence-corrected chi connectivity index (χ4v) is 8.30. The molecule has 2 aliphatic rings. The first kappa shape index (κ1) is 39.7. The molecule has 1 aliphatic heterocycles. The molecule has 1 saturated carbocycles. The van der Waals surface area contributed by atoms with Crippen LogP contribution in [0.2, 0.25) is 10.0 Å². The van der Waals surface area contributed by atoms with Gasteiger partial charge in [-0.25, -0.2) is 23.7 Å².